The summed E-state index contributed by atoms with van der Waals surface area (Å²) in [5.41, 5.74) is 2.71. The fourth-order valence-electron chi connectivity index (χ4n) is 3.40. The largest absolute Gasteiger partial charge is 0.382 e. The van der Waals surface area contributed by atoms with Crippen LogP contribution in [0, 0.1) is 0 Å². The fourth-order valence-corrected chi connectivity index (χ4v) is 3.40. The van der Waals surface area contributed by atoms with Crippen LogP contribution in [0.4, 0.5) is 5.69 Å². The van der Waals surface area contributed by atoms with Crippen LogP contribution in [0.3, 0.4) is 0 Å². The van der Waals surface area contributed by atoms with Crippen LogP contribution in [0.25, 0.3) is 0 Å². The number of anilines is 1. The molecule has 0 spiro atoms. The van der Waals surface area contributed by atoms with E-state index in [4.69, 9.17) is 4.84 Å². The van der Waals surface area contributed by atoms with Crippen LogP contribution >= 0.6 is 0 Å². The van der Waals surface area contributed by atoms with Crippen LogP contribution in [0.1, 0.15) is 35.2 Å². The van der Waals surface area contributed by atoms with Gasteiger partial charge in [0.25, 0.3) is 11.8 Å². The topological polar surface area (TPSA) is 71.0 Å². The zero-order valence-corrected chi connectivity index (χ0v) is 14.9. The molecule has 6 nitrogen and oxygen atoms in total. The molecule has 2 amide bonds. The van der Waals surface area contributed by atoms with Gasteiger partial charge in [0.15, 0.2) is 0 Å². The second kappa shape index (κ2) is 7.61. The first-order valence-corrected chi connectivity index (χ1v) is 9.19. The maximum atomic E-state index is 12.7. The molecule has 1 fully saturated rings. The van der Waals surface area contributed by atoms with Gasteiger partial charge >= 0.3 is 0 Å². The van der Waals surface area contributed by atoms with E-state index in [0.717, 1.165) is 37.2 Å². The highest BCUT2D eigenvalue weighted by Crippen LogP contribution is 2.22. The summed E-state index contributed by atoms with van der Waals surface area (Å²) in [5.74, 6) is -0.344. The Kier molecular flexibility index (Phi) is 4.87. The lowest BCUT2D eigenvalue weighted by Crippen LogP contribution is -2.31. The molecule has 1 N–H and O–H groups in total. The summed E-state index contributed by atoms with van der Waals surface area (Å²) in [7, 11) is 0. The van der Waals surface area contributed by atoms with E-state index in [9.17, 15) is 9.59 Å². The number of para-hydroxylation sites is 1. The van der Waals surface area contributed by atoms with Crippen molar-refractivity contribution in [3.63, 3.8) is 0 Å². The van der Waals surface area contributed by atoms with Crippen molar-refractivity contribution in [3.8, 4) is 0 Å². The number of benzene rings is 2. The number of rotatable bonds is 4. The zero-order valence-electron chi connectivity index (χ0n) is 14.9. The molecule has 2 aromatic carbocycles. The molecular weight excluding hydrogens is 342 g/mol. The number of hydrogen-bond acceptors (Lipinski definition) is 4. The summed E-state index contributed by atoms with van der Waals surface area (Å²) in [6.45, 7) is 1.53. The van der Waals surface area contributed by atoms with Crippen LogP contribution < -0.4 is 5.32 Å². The Morgan fingerprint density at radius 3 is 2.48 bits per heavy atom. The van der Waals surface area contributed by atoms with E-state index in [0.29, 0.717) is 17.7 Å². The predicted molar refractivity (Wildman–Crippen MR) is 103 cm³/mol. The quantitative estimate of drug-likeness (QED) is 0.908. The molecule has 6 heteroatoms. The third-order valence-corrected chi connectivity index (χ3v) is 4.88. The van der Waals surface area contributed by atoms with Crippen LogP contribution in [0.15, 0.2) is 59.8 Å². The summed E-state index contributed by atoms with van der Waals surface area (Å²) in [4.78, 5) is 32.5. The molecule has 4 rings (SSSR count). The van der Waals surface area contributed by atoms with E-state index >= 15 is 0 Å². The van der Waals surface area contributed by atoms with Gasteiger partial charge in [0.1, 0.15) is 0 Å². The molecule has 0 unspecified atom stereocenters. The summed E-state index contributed by atoms with van der Waals surface area (Å²) < 4.78 is 0. The lowest BCUT2D eigenvalue weighted by atomic mass is 10.0. The summed E-state index contributed by atoms with van der Waals surface area (Å²) >= 11 is 0. The molecule has 1 saturated heterocycles. The molecule has 2 aliphatic rings. The number of nitrogens with zero attached hydrogens (tertiary/aromatic N) is 2. The maximum absolute atomic E-state index is 12.7. The SMILES string of the molecule is O=C(Nc1ccccc1C(=O)N1CCCC1)[C@H]1CC(c2ccccc2)=NO1. The average molecular weight is 363 g/mol. The average Bonchev–Trinajstić information content (AvgIpc) is 3.41. The van der Waals surface area contributed by atoms with Crippen molar-refractivity contribution >= 4 is 23.2 Å². The Balaban J connectivity index is 1.44. The first-order valence-electron chi connectivity index (χ1n) is 9.19. The standard InChI is InChI=1S/C21H21N3O3/c25-20(19-14-18(23-27-19)15-8-2-1-3-9-15)22-17-11-5-4-10-16(17)21(26)24-12-6-7-13-24/h1-5,8-11,19H,6-7,12-14H2,(H,22,25)/t19-/m1/s1. The summed E-state index contributed by atoms with van der Waals surface area (Å²) in [6.07, 6.45) is 1.75. The number of hydrogen-bond donors (Lipinski definition) is 1. The molecule has 138 valence electrons. The van der Waals surface area contributed by atoms with Crippen molar-refractivity contribution in [2.75, 3.05) is 18.4 Å². The Morgan fingerprint density at radius 2 is 1.70 bits per heavy atom. The molecule has 2 aromatic rings. The molecule has 0 saturated carbocycles. The Bertz CT molecular complexity index is 873. The van der Waals surface area contributed by atoms with E-state index in [-0.39, 0.29) is 11.8 Å². The minimum Gasteiger partial charge on any atom is -0.382 e. The van der Waals surface area contributed by atoms with E-state index in [1.54, 1.807) is 18.2 Å². The molecular formula is C21H21N3O3. The zero-order chi connectivity index (χ0) is 18.6. The molecule has 2 aliphatic heterocycles. The van der Waals surface area contributed by atoms with Gasteiger partial charge in [-0.3, -0.25) is 9.59 Å². The minimum absolute atomic E-state index is 0.0445. The van der Waals surface area contributed by atoms with Crippen LogP contribution in [0.5, 0.6) is 0 Å². The third-order valence-electron chi connectivity index (χ3n) is 4.88. The Morgan fingerprint density at radius 1 is 1.00 bits per heavy atom. The fraction of sp³-hybridized carbons (Fsp3) is 0.286. The number of likely N-dealkylation sites (tertiary alicyclic amines) is 1. The van der Waals surface area contributed by atoms with E-state index in [1.165, 1.54) is 0 Å². The maximum Gasteiger partial charge on any atom is 0.268 e. The van der Waals surface area contributed by atoms with Gasteiger partial charge in [0.2, 0.25) is 6.10 Å². The first-order chi connectivity index (χ1) is 13.2. The van der Waals surface area contributed by atoms with E-state index < -0.39 is 6.10 Å². The number of carbonyl (C=O) groups excluding carboxylic acids is 2. The second-order valence-electron chi connectivity index (χ2n) is 6.74. The molecule has 0 radical (unpaired) electrons. The first kappa shape index (κ1) is 17.3. The molecule has 1 atom stereocenters. The second-order valence-corrected chi connectivity index (χ2v) is 6.74. The number of oxime groups is 1. The van der Waals surface area contributed by atoms with Crippen molar-refractivity contribution in [2.24, 2.45) is 5.16 Å². The van der Waals surface area contributed by atoms with Crippen LogP contribution in [-0.2, 0) is 9.63 Å². The molecule has 0 aliphatic carbocycles. The Hall–Kier alpha value is -3.15. The number of amides is 2. The van der Waals surface area contributed by atoms with Gasteiger partial charge in [-0.15, -0.1) is 0 Å². The van der Waals surface area contributed by atoms with E-state index in [1.807, 2.05) is 41.3 Å². The van der Waals surface area contributed by atoms with Gasteiger partial charge in [0, 0.05) is 19.5 Å². The predicted octanol–water partition coefficient (Wildman–Crippen LogP) is 3.05. The molecule has 2 heterocycles. The normalized spacial score (nSPS) is 18.7. The van der Waals surface area contributed by atoms with E-state index in [2.05, 4.69) is 10.5 Å². The third kappa shape index (κ3) is 3.69. The van der Waals surface area contributed by atoms with Crippen molar-refractivity contribution < 1.29 is 14.4 Å². The number of carbonyl (C=O) groups is 2. The number of nitrogens with one attached hydrogen (secondary N) is 1. The lowest BCUT2D eigenvalue weighted by molar-refractivity contribution is -0.125. The smallest absolute Gasteiger partial charge is 0.268 e. The monoisotopic (exact) mass is 363 g/mol. The summed E-state index contributed by atoms with van der Waals surface area (Å²) in [5, 5.41) is 6.90. The van der Waals surface area contributed by atoms with Crippen molar-refractivity contribution in [3.05, 3.63) is 65.7 Å². The minimum atomic E-state index is -0.699. The Labute approximate surface area is 157 Å². The van der Waals surface area contributed by atoms with Crippen LogP contribution in [-0.4, -0.2) is 41.6 Å². The highest BCUT2D eigenvalue weighted by atomic mass is 16.6. The van der Waals surface area contributed by atoms with Gasteiger partial charge < -0.3 is 15.1 Å². The molecule has 27 heavy (non-hydrogen) atoms. The van der Waals surface area contributed by atoms with Gasteiger partial charge in [-0.05, 0) is 30.5 Å². The molecule has 0 aromatic heterocycles. The highest BCUT2D eigenvalue weighted by Gasteiger charge is 2.30. The van der Waals surface area contributed by atoms with Crippen molar-refractivity contribution in [1.82, 2.24) is 4.90 Å². The van der Waals surface area contributed by atoms with Crippen LogP contribution in [0.2, 0.25) is 0 Å². The lowest BCUT2D eigenvalue weighted by Gasteiger charge is -2.18. The summed E-state index contributed by atoms with van der Waals surface area (Å²) in [6, 6.07) is 16.8. The van der Waals surface area contributed by atoms with Crippen molar-refractivity contribution in [1.29, 1.82) is 0 Å². The van der Waals surface area contributed by atoms with Gasteiger partial charge in [-0.2, -0.15) is 0 Å². The van der Waals surface area contributed by atoms with Crippen molar-refractivity contribution in [2.45, 2.75) is 25.4 Å². The highest BCUT2D eigenvalue weighted by molar-refractivity contribution is 6.08. The van der Waals surface area contributed by atoms with Gasteiger partial charge in [-0.1, -0.05) is 47.6 Å². The molecule has 0 bridgehead atoms. The van der Waals surface area contributed by atoms with Gasteiger partial charge in [0.05, 0.1) is 17.0 Å². The van der Waals surface area contributed by atoms with Gasteiger partial charge in [-0.25, -0.2) is 0 Å².